The third-order valence-electron chi connectivity index (χ3n) is 2.38. The fraction of sp³-hybridized carbons (Fsp3) is 0.385. The minimum atomic E-state index is -1.02. The molecule has 1 unspecified atom stereocenters. The second kappa shape index (κ2) is 7.84. The molecule has 0 aliphatic heterocycles. The summed E-state index contributed by atoms with van der Waals surface area (Å²) in [6, 6.07) is 3.13. The Hall–Kier alpha value is -1.63. The number of anilines is 1. The average Bonchev–Trinajstić information content (AvgIpc) is 2.40. The molecule has 0 aromatic heterocycles. The van der Waals surface area contributed by atoms with E-state index in [2.05, 4.69) is 10.1 Å². The van der Waals surface area contributed by atoms with Gasteiger partial charge in [0.1, 0.15) is 0 Å². The van der Waals surface area contributed by atoms with Crippen LogP contribution in [0.4, 0.5) is 14.5 Å². The number of halogens is 2. The number of hydrogen-bond acceptors (Lipinski definition) is 4. The van der Waals surface area contributed by atoms with Crippen LogP contribution in [0.25, 0.3) is 0 Å². The van der Waals surface area contributed by atoms with Crippen LogP contribution in [0.3, 0.4) is 0 Å². The van der Waals surface area contributed by atoms with E-state index in [1.807, 2.05) is 0 Å². The molecular formula is C13H15F2NO3S. The minimum absolute atomic E-state index is 0.0712. The highest BCUT2D eigenvalue weighted by Gasteiger charge is 2.12. The van der Waals surface area contributed by atoms with Crippen molar-refractivity contribution in [3.8, 4) is 0 Å². The molecule has 0 saturated carbocycles. The summed E-state index contributed by atoms with van der Waals surface area (Å²) in [6.45, 7) is 1.80. The van der Waals surface area contributed by atoms with Crippen LogP contribution in [-0.4, -0.2) is 30.0 Å². The van der Waals surface area contributed by atoms with Gasteiger partial charge < -0.3 is 10.1 Å². The van der Waals surface area contributed by atoms with Gasteiger partial charge in [0.25, 0.3) is 0 Å². The second-order valence-corrected chi connectivity index (χ2v) is 5.51. The van der Waals surface area contributed by atoms with E-state index in [9.17, 15) is 18.4 Å². The Labute approximate surface area is 119 Å². The first-order valence-electron chi connectivity index (χ1n) is 5.85. The van der Waals surface area contributed by atoms with Crippen molar-refractivity contribution < 1.29 is 23.1 Å². The number of methoxy groups -OCH3 is 1. The van der Waals surface area contributed by atoms with Gasteiger partial charge in [-0.05, 0) is 12.1 Å². The van der Waals surface area contributed by atoms with E-state index in [1.54, 1.807) is 6.92 Å². The van der Waals surface area contributed by atoms with Gasteiger partial charge in [-0.15, -0.1) is 11.8 Å². The number of thioether (sulfide) groups is 1. The smallest absolute Gasteiger partial charge is 0.306 e. The van der Waals surface area contributed by atoms with Crippen LogP contribution in [0, 0.1) is 11.6 Å². The molecule has 1 amide bonds. The summed E-state index contributed by atoms with van der Waals surface area (Å²) in [4.78, 5) is 22.6. The number of benzene rings is 1. The molecule has 0 fully saturated rings. The molecule has 0 bridgehead atoms. The van der Waals surface area contributed by atoms with Crippen molar-refractivity contribution in [2.24, 2.45) is 0 Å². The van der Waals surface area contributed by atoms with Crippen LogP contribution >= 0.6 is 11.8 Å². The van der Waals surface area contributed by atoms with Crippen LogP contribution in [0.2, 0.25) is 0 Å². The zero-order valence-corrected chi connectivity index (χ0v) is 11.9. The number of nitrogens with one attached hydrogen (secondary N) is 1. The quantitative estimate of drug-likeness (QED) is 0.821. The summed E-state index contributed by atoms with van der Waals surface area (Å²) in [5.41, 5.74) is 0.190. The van der Waals surface area contributed by atoms with E-state index >= 15 is 0 Å². The third-order valence-corrected chi connectivity index (χ3v) is 3.55. The van der Waals surface area contributed by atoms with Crippen molar-refractivity contribution in [3.05, 3.63) is 29.8 Å². The number of carbonyl (C=O) groups is 2. The SMILES string of the molecule is COC(=O)CC(C)SCC(=O)Nc1ccc(F)c(F)c1. The molecule has 1 atom stereocenters. The van der Waals surface area contributed by atoms with Crippen molar-refractivity contribution >= 4 is 29.3 Å². The molecule has 0 spiro atoms. The Balaban J connectivity index is 2.40. The maximum Gasteiger partial charge on any atom is 0.306 e. The standard InChI is InChI=1S/C13H15F2NO3S/c1-8(5-13(18)19-2)20-7-12(17)16-9-3-4-10(14)11(15)6-9/h3-4,6,8H,5,7H2,1-2H3,(H,16,17). The van der Waals surface area contributed by atoms with E-state index in [0.717, 1.165) is 12.1 Å². The summed E-state index contributed by atoms with van der Waals surface area (Å²) >= 11 is 1.27. The van der Waals surface area contributed by atoms with Gasteiger partial charge in [0.05, 0.1) is 19.3 Å². The summed E-state index contributed by atoms with van der Waals surface area (Å²) in [5, 5.41) is 2.38. The molecule has 20 heavy (non-hydrogen) atoms. The van der Waals surface area contributed by atoms with Crippen molar-refractivity contribution in [3.63, 3.8) is 0 Å². The molecule has 0 aliphatic rings. The van der Waals surface area contributed by atoms with Gasteiger partial charge in [0.15, 0.2) is 11.6 Å². The molecule has 0 saturated heterocycles. The summed E-state index contributed by atoms with van der Waals surface area (Å²) in [7, 11) is 1.30. The molecule has 1 aromatic carbocycles. The maximum absolute atomic E-state index is 12.9. The fourth-order valence-electron chi connectivity index (χ4n) is 1.37. The monoisotopic (exact) mass is 303 g/mol. The van der Waals surface area contributed by atoms with E-state index < -0.39 is 11.6 Å². The van der Waals surface area contributed by atoms with Crippen LogP contribution in [-0.2, 0) is 14.3 Å². The summed E-state index contributed by atoms with van der Waals surface area (Å²) < 4.78 is 30.2. The Bertz CT molecular complexity index is 497. The van der Waals surface area contributed by atoms with Crippen LogP contribution in [0.15, 0.2) is 18.2 Å². The Morgan fingerprint density at radius 2 is 2.05 bits per heavy atom. The largest absolute Gasteiger partial charge is 0.469 e. The third kappa shape index (κ3) is 5.56. The highest BCUT2D eigenvalue weighted by molar-refractivity contribution is 8.00. The molecule has 0 heterocycles. The number of esters is 1. The van der Waals surface area contributed by atoms with E-state index in [-0.39, 0.29) is 35.0 Å². The molecule has 7 heteroatoms. The number of carbonyl (C=O) groups excluding carboxylic acids is 2. The predicted octanol–water partition coefficient (Wildman–Crippen LogP) is 2.59. The van der Waals surface area contributed by atoms with E-state index in [0.29, 0.717) is 0 Å². The molecule has 1 aromatic rings. The number of rotatable bonds is 6. The number of hydrogen-bond donors (Lipinski definition) is 1. The van der Waals surface area contributed by atoms with Gasteiger partial charge in [-0.1, -0.05) is 6.92 Å². The van der Waals surface area contributed by atoms with Gasteiger partial charge in [-0.3, -0.25) is 9.59 Å². The first kappa shape index (κ1) is 16.4. The molecule has 4 nitrogen and oxygen atoms in total. The molecular weight excluding hydrogens is 288 g/mol. The van der Waals surface area contributed by atoms with Crippen molar-refractivity contribution in [2.75, 3.05) is 18.2 Å². The van der Waals surface area contributed by atoms with Gasteiger partial charge in [0.2, 0.25) is 5.91 Å². The molecule has 1 N–H and O–H groups in total. The predicted molar refractivity (Wildman–Crippen MR) is 73.5 cm³/mol. The van der Waals surface area contributed by atoms with Gasteiger partial charge >= 0.3 is 5.97 Å². The summed E-state index contributed by atoms with van der Waals surface area (Å²) in [6.07, 6.45) is 0.208. The lowest BCUT2D eigenvalue weighted by molar-refractivity contribution is -0.140. The Morgan fingerprint density at radius 1 is 1.35 bits per heavy atom. The van der Waals surface area contributed by atoms with Gasteiger partial charge in [-0.25, -0.2) is 8.78 Å². The topological polar surface area (TPSA) is 55.4 Å². The van der Waals surface area contributed by atoms with Crippen molar-refractivity contribution in [1.29, 1.82) is 0 Å². The normalized spacial score (nSPS) is 11.8. The summed E-state index contributed by atoms with van der Waals surface area (Å²) in [5.74, 6) is -2.57. The zero-order valence-electron chi connectivity index (χ0n) is 11.1. The maximum atomic E-state index is 12.9. The first-order valence-corrected chi connectivity index (χ1v) is 6.90. The van der Waals surface area contributed by atoms with Gasteiger partial charge in [0, 0.05) is 17.0 Å². The zero-order chi connectivity index (χ0) is 15.1. The first-order chi connectivity index (χ1) is 9.42. The Morgan fingerprint density at radius 3 is 2.65 bits per heavy atom. The van der Waals surface area contributed by atoms with E-state index in [1.165, 1.54) is 24.9 Å². The lowest BCUT2D eigenvalue weighted by Gasteiger charge is -2.10. The van der Waals surface area contributed by atoms with Crippen LogP contribution in [0.1, 0.15) is 13.3 Å². The highest BCUT2D eigenvalue weighted by Crippen LogP contribution is 2.16. The lowest BCUT2D eigenvalue weighted by Crippen LogP contribution is -2.17. The minimum Gasteiger partial charge on any atom is -0.469 e. The average molecular weight is 303 g/mol. The molecule has 1 rings (SSSR count). The van der Waals surface area contributed by atoms with Crippen molar-refractivity contribution in [1.82, 2.24) is 0 Å². The van der Waals surface area contributed by atoms with Crippen LogP contribution < -0.4 is 5.32 Å². The van der Waals surface area contributed by atoms with Crippen LogP contribution in [0.5, 0.6) is 0 Å². The molecule has 0 aliphatic carbocycles. The number of amides is 1. The molecule has 0 radical (unpaired) electrons. The van der Waals surface area contributed by atoms with Gasteiger partial charge in [-0.2, -0.15) is 0 Å². The Kier molecular flexibility index (Phi) is 6.44. The fourth-order valence-corrected chi connectivity index (χ4v) is 2.13. The van der Waals surface area contributed by atoms with E-state index in [4.69, 9.17) is 0 Å². The molecule has 110 valence electrons. The lowest BCUT2D eigenvalue weighted by atomic mass is 10.3. The number of ether oxygens (including phenoxy) is 1. The van der Waals surface area contributed by atoms with Crippen molar-refractivity contribution in [2.45, 2.75) is 18.6 Å². The highest BCUT2D eigenvalue weighted by atomic mass is 32.2. The second-order valence-electron chi connectivity index (χ2n) is 4.08.